The smallest absolute Gasteiger partial charge is 0.289 e. The van der Waals surface area contributed by atoms with Crippen molar-refractivity contribution in [1.82, 2.24) is 10.3 Å². The molecule has 6 heteroatoms. The van der Waals surface area contributed by atoms with Crippen LogP contribution in [0.25, 0.3) is 0 Å². The molecule has 0 aliphatic heterocycles. The Kier molecular flexibility index (Phi) is 5.32. The number of aryl methyl sites for hydroxylation is 2. The maximum absolute atomic E-state index is 11.5. The molecule has 1 atom stereocenters. The van der Waals surface area contributed by atoms with E-state index in [0.29, 0.717) is 18.1 Å². The Morgan fingerprint density at radius 2 is 2.20 bits per heavy atom. The SMILES string of the molecule is Cc1nc(C)c(C(=O)N[C@@H](C)CN)o1.Cl. The third kappa shape index (κ3) is 3.53. The van der Waals surface area contributed by atoms with Gasteiger partial charge >= 0.3 is 0 Å². The highest BCUT2D eigenvalue weighted by Crippen LogP contribution is 2.08. The molecule has 0 bridgehead atoms. The summed E-state index contributed by atoms with van der Waals surface area (Å²) in [6, 6.07) is -0.0627. The van der Waals surface area contributed by atoms with Crippen molar-refractivity contribution in [1.29, 1.82) is 0 Å². The van der Waals surface area contributed by atoms with Gasteiger partial charge in [0.1, 0.15) is 0 Å². The third-order valence-electron chi connectivity index (χ3n) is 1.84. The van der Waals surface area contributed by atoms with Crippen LogP contribution in [0.3, 0.4) is 0 Å². The molecule has 0 saturated carbocycles. The lowest BCUT2D eigenvalue weighted by Crippen LogP contribution is -2.37. The number of rotatable bonds is 3. The first kappa shape index (κ1) is 13.9. The molecule has 1 aromatic heterocycles. The van der Waals surface area contributed by atoms with E-state index in [1.54, 1.807) is 13.8 Å². The number of nitrogens with two attached hydrogens (primary N) is 1. The predicted octanol–water partition coefficient (Wildman–Crippen LogP) is 0.790. The topological polar surface area (TPSA) is 81.2 Å². The van der Waals surface area contributed by atoms with Gasteiger partial charge in [-0.15, -0.1) is 12.4 Å². The highest BCUT2D eigenvalue weighted by Gasteiger charge is 2.16. The molecule has 0 unspecified atom stereocenters. The van der Waals surface area contributed by atoms with E-state index < -0.39 is 0 Å². The van der Waals surface area contributed by atoms with Crippen LogP contribution < -0.4 is 11.1 Å². The number of carbonyl (C=O) groups is 1. The van der Waals surface area contributed by atoms with E-state index in [1.165, 1.54) is 0 Å². The zero-order valence-electron chi connectivity index (χ0n) is 9.03. The van der Waals surface area contributed by atoms with Crippen molar-refractivity contribution in [2.45, 2.75) is 26.8 Å². The number of hydrogen-bond acceptors (Lipinski definition) is 4. The molecule has 86 valence electrons. The van der Waals surface area contributed by atoms with Crippen LogP contribution in [0.1, 0.15) is 29.1 Å². The van der Waals surface area contributed by atoms with E-state index >= 15 is 0 Å². The molecule has 1 aromatic rings. The van der Waals surface area contributed by atoms with E-state index in [9.17, 15) is 4.79 Å². The fourth-order valence-electron chi connectivity index (χ4n) is 1.09. The zero-order chi connectivity index (χ0) is 10.7. The Balaban J connectivity index is 0.00000196. The number of carbonyl (C=O) groups excluding carboxylic acids is 1. The lowest BCUT2D eigenvalue weighted by Gasteiger charge is -2.09. The van der Waals surface area contributed by atoms with Crippen LogP contribution in [0.5, 0.6) is 0 Å². The quantitative estimate of drug-likeness (QED) is 0.809. The van der Waals surface area contributed by atoms with Gasteiger partial charge in [0.2, 0.25) is 5.76 Å². The monoisotopic (exact) mass is 233 g/mol. The van der Waals surface area contributed by atoms with Gasteiger partial charge in [0.15, 0.2) is 5.89 Å². The first-order valence-electron chi connectivity index (χ1n) is 4.49. The summed E-state index contributed by atoms with van der Waals surface area (Å²) < 4.78 is 5.16. The molecule has 0 aliphatic rings. The molecule has 3 N–H and O–H groups in total. The second kappa shape index (κ2) is 5.72. The summed E-state index contributed by atoms with van der Waals surface area (Å²) in [6.07, 6.45) is 0. The van der Waals surface area contributed by atoms with Gasteiger partial charge in [0.25, 0.3) is 5.91 Å². The summed E-state index contributed by atoms with van der Waals surface area (Å²) in [6.45, 7) is 5.67. The van der Waals surface area contributed by atoms with E-state index in [1.807, 2.05) is 6.92 Å². The molecule has 5 nitrogen and oxygen atoms in total. The standard InChI is InChI=1S/C9H15N3O2.ClH/c1-5(4-10)11-9(13)8-6(2)12-7(3)14-8;/h5H,4,10H2,1-3H3,(H,11,13);1H/t5-;/m0./s1. The Morgan fingerprint density at radius 1 is 1.60 bits per heavy atom. The summed E-state index contributed by atoms with van der Waals surface area (Å²) in [4.78, 5) is 15.6. The van der Waals surface area contributed by atoms with Crippen LogP contribution in [-0.4, -0.2) is 23.5 Å². The van der Waals surface area contributed by atoms with Gasteiger partial charge in [0.05, 0.1) is 5.69 Å². The average molecular weight is 234 g/mol. The molecule has 0 saturated heterocycles. The maximum Gasteiger partial charge on any atom is 0.289 e. The lowest BCUT2D eigenvalue weighted by molar-refractivity contribution is 0.0911. The Morgan fingerprint density at radius 3 is 2.60 bits per heavy atom. The minimum Gasteiger partial charge on any atom is -0.436 e. The molecular weight excluding hydrogens is 218 g/mol. The van der Waals surface area contributed by atoms with Crippen LogP contribution in [0.4, 0.5) is 0 Å². The van der Waals surface area contributed by atoms with Crippen molar-refractivity contribution in [3.05, 3.63) is 17.3 Å². The molecule has 1 amide bonds. The molecule has 15 heavy (non-hydrogen) atoms. The number of halogens is 1. The van der Waals surface area contributed by atoms with Gasteiger partial charge in [0, 0.05) is 19.5 Å². The fourth-order valence-corrected chi connectivity index (χ4v) is 1.09. The molecule has 1 rings (SSSR count). The number of hydrogen-bond donors (Lipinski definition) is 2. The Labute approximate surface area is 94.8 Å². The zero-order valence-corrected chi connectivity index (χ0v) is 9.85. The number of oxazole rings is 1. The lowest BCUT2D eigenvalue weighted by atomic mass is 10.3. The third-order valence-corrected chi connectivity index (χ3v) is 1.84. The molecule has 0 spiro atoms. The minimum atomic E-state index is -0.263. The molecular formula is C9H16ClN3O2. The van der Waals surface area contributed by atoms with Gasteiger partial charge in [-0.1, -0.05) is 0 Å². The van der Waals surface area contributed by atoms with Gasteiger partial charge in [-0.3, -0.25) is 4.79 Å². The highest BCUT2D eigenvalue weighted by molar-refractivity contribution is 5.92. The maximum atomic E-state index is 11.5. The van der Waals surface area contributed by atoms with Crippen molar-refractivity contribution in [2.75, 3.05) is 6.54 Å². The van der Waals surface area contributed by atoms with Gasteiger partial charge in [-0.05, 0) is 13.8 Å². The van der Waals surface area contributed by atoms with Crippen molar-refractivity contribution in [3.8, 4) is 0 Å². The number of nitrogens with one attached hydrogen (secondary N) is 1. The van der Waals surface area contributed by atoms with E-state index in [4.69, 9.17) is 10.2 Å². The second-order valence-corrected chi connectivity index (χ2v) is 3.26. The largest absolute Gasteiger partial charge is 0.436 e. The van der Waals surface area contributed by atoms with E-state index in [2.05, 4.69) is 10.3 Å². The van der Waals surface area contributed by atoms with Crippen LogP contribution in [0.15, 0.2) is 4.42 Å². The number of amides is 1. The molecule has 1 heterocycles. The predicted molar refractivity (Wildman–Crippen MR) is 59.2 cm³/mol. The van der Waals surface area contributed by atoms with Crippen LogP contribution in [-0.2, 0) is 0 Å². The number of nitrogens with zero attached hydrogens (tertiary/aromatic N) is 1. The first-order chi connectivity index (χ1) is 6.54. The van der Waals surface area contributed by atoms with Crippen molar-refractivity contribution >= 4 is 18.3 Å². The summed E-state index contributed by atoms with van der Waals surface area (Å²) >= 11 is 0. The van der Waals surface area contributed by atoms with Crippen molar-refractivity contribution < 1.29 is 9.21 Å². The molecule has 0 radical (unpaired) electrons. The summed E-state index contributed by atoms with van der Waals surface area (Å²) in [5.74, 6) is 0.497. The van der Waals surface area contributed by atoms with E-state index in [0.717, 1.165) is 0 Å². The van der Waals surface area contributed by atoms with Gasteiger partial charge < -0.3 is 15.5 Å². The van der Waals surface area contributed by atoms with Crippen LogP contribution >= 0.6 is 12.4 Å². The average Bonchev–Trinajstić information content (AvgIpc) is 2.45. The van der Waals surface area contributed by atoms with Gasteiger partial charge in [-0.2, -0.15) is 0 Å². The Hall–Kier alpha value is -1.07. The molecule has 0 fully saturated rings. The summed E-state index contributed by atoms with van der Waals surface area (Å²) in [7, 11) is 0. The van der Waals surface area contributed by atoms with Crippen molar-refractivity contribution in [2.24, 2.45) is 5.73 Å². The minimum absolute atomic E-state index is 0. The highest BCUT2D eigenvalue weighted by atomic mass is 35.5. The van der Waals surface area contributed by atoms with Crippen molar-refractivity contribution in [3.63, 3.8) is 0 Å². The fraction of sp³-hybridized carbons (Fsp3) is 0.556. The summed E-state index contributed by atoms with van der Waals surface area (Å²) in [5, 5.41) is 2.70. The van der Waals surface area contributed by atoms with Crippen LogP contribution in [0.2, 0.25) is 0 Å². The second-order valence-electron chi connectivity index (χ2n) is 3.26. The molecule has 0 aliphatic carbocycles. The van der Waals surface area contributed by atoms with E-state index in [-0.39, 0.29) is 30.1 Å². The summed E-state index contributed by atoms with van der Waals surface area (Å²) in [5.41, 5.74) is 5.98. The first-order valence-corrected chi connectivity index (χ1v) is 4.49. The Bertz CT molecular complexity index is 338. The molecule has 0 aromatic carbocycles. The normalized spacial score (nSPS) is 11.7. The number of aromatic nitrogens is 1. The van der Waals surface area contributed by atoms with Gasteiger partial charge in [-0.25, -0.2) is 4.98 Å². The van der Waals surface area contributed by atoms with Crippen LogP contribution in [0, 0.1) is 13.8 Å².